The van der Waals surface area contributed by atoms with E-state index in [0.717, 1.165) is 27.6 Å². The van der Waals surface area contributed by atoms with Gasteiger partial charge >= 0.3 is 0 Å². The van der Waals surface area contributed by atoms with E-state index >= 15 is 0 Å². The molecule has 0 atom stereocenters. The summed E-state index contributed by atoms with van der Waals surface area (Å²) in [6.45, 7) is 2.00. The Morgan fingerprint density at radius 1 is 1.17 bits per heavy atom. The highest BCUT2D eigenvalue weighted by atomic mass is 16.1. The number of hydrogen-bond acceptors (Lipinski definition) is 7. The molecule has 0 aliphatic heterocycles. The van der Waals surface area contributed by atoms with Crippen molar-refractivity contribution in [2.45, 2.75) is 6.92 Å². The summed E-state index contributed by atoms with van der Waals surface area (Å²) in [7, 11) is 3.28. The Bertz CT molecular complexity index is 1230. The molecule has 1 amide bonds. The number of nitrogens with one attached hydrogen (secondary N) is 2. The maximum Gasteiger partial charge on any atom is 0.269 e. The topological polar surface area (TPSA) is 124 Å². The predicted octanol–water partition coefficient (Wildman–Crippen LogP) is 2.42. The number of nitrogen functional groups attached to an aromatic ring is 1. The van der Waals surface area contributed by atoms with Crippen molar-refractivity contribution < 1.29 is 4.79 Å². The lowest BCUT2D eigenvalue weighted by molar-refractivity contribution is 0.0954. The number of aromatic nitrogens is 5. The second kappa shape index (κ2) is 7.19. The molecule has 4 aromatic rings. The number of carbonyl (C=O) groups is 1. The van der Waals surface area contributed by atoms with E-state index in [1.165, 1.54) is 4.68 Å². The van der Waals surface area contributed by atoms with Crippen molar-refractivity contribution in [2.24, 2.45) is 7.05 Å². The first-order valence-corrected chi connectivity index (χ1v) is 8.96. The Morgan fingerprint density at radius 3 is 2.76 bits per heavy atom. The Kier molecular flexibility index (Phi) is 4.55. The molecule has 0 spiro atoms. The standard InChI is InChI=1S/C20H20N8O/c1-11-4-5-23-9-13(11)15-6-12-7-17(24-10-14(12)19(21)25-15)26-18-8-16(20(29)22-2)28(3)27-18/h4-10H,1-3H3,(H2,21,25)(H,22,29)(H,24,26,27). The van der Waals surface area contributed by atoms with Gasteiger partial charge in [-0.2, -0.15) is 5.10 Å². The average Bonchev–Trinajstić information content (AvgIpc) is 3.07. The van der Waals surface area contributed by atoms with Crippen LogP contribution in [0.5, 0.6) is 0 Å². The van der Waals surface area contributed by atoms with E-state index in [4.69, 9.17) is 5.73 Å². The van der Waals surface area contributed by atoms with Crippen LogP contribution in [0.1, 0.15) is 16.1 Å². The van der Waals surface area contributed by atoms with E-state index in [-0.39, 0.29) is 5.91 Å². The van der Waals surface area contributed by atoms with Crippen LogP contribution in [0.3, 0.4) is 0 Å². The molecular weight excluding hydrogens is 368 g/mol. The number of hydrogen-bond donors (Lipinski definition) is 3. The molecule has 0 radical (unpaired) electrons. The molecule has 4 aromatic heterocycles. The molecule has 0 fully saturated rings. The van der Waals surface area contributed by atoms with Crippen LogP contribution in [-0.4, -0.2) is 37.7 Å². The molecule has 0 unspecified atom stereocenters. The first kappa shape index (κ1) is 18.4. The molecule has 0 aromatic carbocycles. The van der Waals surface area contributed by atoms with Crippen LogP contribution in [0.4, 0.5) is 17.5 Å². The van der Waals surface area contributed by atoms with Crippen molar-refractivity contribution in [1.29, 1.82) is 0 Å². The Balaban J connectivity index is 1.72. The third kappa shape index (κ3) is 3.45. The third-order valence-corrected chi connectivity index (χ3v) is 4.66. The molecule has 0 saturated heterocycles. The molecule has 146 valence electrons. The maximum atomic E-state index is 11.9. The number of carbonyl (C=O) groups excluding carboxylic acids is 1. The highest BCUT2D eigenvalue weighted by Crippen LogP contribution is 2.29. The van der Waals surface area contributed by atoms with Gasteiger partial charge in [0, 0.05) is 49.7 Å². The van der Waals surface area contributed by atoms with E-state index in [1.807, 2.05) is 25.1 Å². The van der Waals surface area contributed by atoms with Gasteiger partial charge in [-0.3, -0.25) is 14.5 Å². The lowest BCUT2D eigenvalue weighted by Gasteiger charge is -2.09. The van der Waals surface area contributed by atoms with E-state index in [9.17, 15) is 4.79 Å². The van der Waals surface area contributed by atoms with Crippen LogP contribution in [0.25, 0.3) is 22.0 Å². The fraction of sp³-hybridized carbons (Fsp3) is 0.150. The van der Waals surface area contributed by atoms with Gasteiger partial charge in [-0.05, 0) is 36.1 Å². The van der Waals surface area contributed by atoms with Gasteiger partial charge in [-0.15, -0.1) is 0 Å². The number of anilines is 3. The lowest BCUT2D eigenvalue weighted by atomic mass is 10.1. The molecule has 0 saturated carbocycles. The summed E-state index contributed by atoms with van der Waals surface area (Å²) < 4.78 is 1.51. The van der Waals surface area contributed by atoms with Crippen molar-refractivity contribution in [2.75, 3.05) is 18.1 Å². The second-order valence-corrected chi connectivity index (χ2v) is 6.62. The fourth-order valence-corrected chi connectivity index (χ4v) is 3.11. The number of rotatable bonds is 4. The molecule has 0 aliphatic carbocycles. The monoisotopic (exact) mass is 388 g/mol. The highest BCUT2D eigenvalue weighted by Gasteiger charge is 2.13. The summed E-state index contributed by atoms with van der Waals surface area (Å²) in [6, 6.07) is 7.42. The number of nitrogens with zero attached hydrogens (tertiary/aromatic N) is 5. The van der Waals surface area contributed by atoms with Crippen LogP contribution < -0.4 is 16.4 Å². The second-order valence-electron chi connectivity index (χ2n) is 6.62. The van der Waals surface area contributed by atoms with E-state index in [0.29, 0.717) is 23.1 Å². The summed E-state index contributed by atoms with van der Waals surface area (Å²) in [5.41, 5.74) is 9.34. The summed E-state index contributed by atoms with van der Waals surface area (Å²) in [4.78, 5) is 25.0. The van der Waals surface area contributed by atoms with Gasteiger partial charge in [0.25, 0.3) is 5.91 Å². The zero-order chi connectivity index (χ0) is 20.5. The minimum absolute atomic E-state index is 0.213. The molecule has 4 heterocycles. The van der Waals surface area contributed by atoms with E-state index in [2.05, 4.69) is 30.7 Å². The SMILES string of the molecule is CNC(=O)c1cc(Nc2cc3cc(-c4cnccc4C)nc(N)c3cn2)nn1C. The third-order valence-electron chi connectivity index (χ3n) is 4.66. The summed E-state index contributed by atoms with van der Waals surface area (Å²) >= 11 is 0. The van der Waals surface area contributed by atoms with Crippen LogP contribution in [-0.2, 0) is 7.05 Å². The van der Waals surface area contributed by atoms with Crippen LogP contribution >= 0.6 is 0 Å². The molecule has 4 rings (SSSR count). The first-order valence-electron chi connectivity index (χ1n) is 8.96. The lowest BCUT2D eigenvalue weighted by Crippen LogP contribution is -2.20. The highest BCUT2D eigenvalue weighted by molar-refractivity contribution is 5.95. The molecule has 0 aliphatic rings. The number of nitrogens with two attached hydrogens (primary N) is 1. The zero-order valence-corrected chi connectivity index (χ0v) is 16.3. The minimum atomic E-state index is -0.213. The van der Waals surface area contributed by atoms with Crippen molar-refractivity contribution in [3.8, 4) is 11.3 Å². The summed E-state index contributed by atoms with van der Waals surface area (Å²) in [5.74, 6) is 1.29. The predicted molar refractivity (Wildman–Crippen MR) is 112 cm³/mol. The van der Waals surface area contributed by atoms with E-state index < -0.39 is 0 Å². The Hall–Kier alpha value is -4.01. The molecule has 4 N–H and O–H groups in total. The largest absolute Gasteiger partial charge is 0.383 e. The van der Waals surface area contributed by atoms with Crippen LogP contribution in [0, 0.1) is 6.92 Å². The van der Waals surface area contributed by atoms with Crippen molar-refractivity contribution in [3.63, 3.8) is 0 Å². The van der Waals surface area contributed by atoms with Gasteiger partial charge in [0.15, 0.2) is 5.82 Å². The molecule has 9 heteroatoms. The Labute approximate surface area is 167 Å². The van der Waals surface area contributed by atoms with Gasteiger partial charge in [0.05, 0.1) is 5.69 Å². The van der Waals surface area contributed by atoms with Crippen molar-refractivity contribution in [1.82, 2.24) is 30.0 Å². The van der Waals surface area contributed by atoms with Crippen LogP contribution in [0.2, 0.25) is 0 Å². The van der Waals surface area contributed by atoms with Gasteiger partial charge in [0.1, 0.15) is 17.3 Å². The average molecular weight is 388 g/mol. The van der Waals surface area contributed by atoms with Crippen molar-refractivity contribution >= 4 is 34.1 Å². The molecule has 0 bridgehead atoms. The molecule has 9 nitrogen and oxygen atoms in total. The van der Waals surface area contributed by atoms with Crippen LogP contribution in [0.15, 0.2) is 42.9 Å². The molecule has 29 heavy (non-hydrogen) atoms. The normalized spacial score (nSPS) is 10.9. The van der Waals surface area contributed by atoms with Gasteiger partial charge in [-0.1, -0.05) is 0 Å². The first-order chi connectivity index (χ1) is 14.0. The summed E-state index contributed by atoms with van der Waals surface area (Å²) in [5, 5.41) is 11.7. The van der Waals surface area contributed by atoms with Gasteiger partial charge in [0.2, 0.25) is 0 Å². The Morgan fingerprint density at radius 2 is 2.00 bits per heavy atom. The number of amides is 1. The van der Waals surface area contributed by atoms with Gasteiger partial charge in [-0.25, -0.2) is 9.97 Å². The number of aryl methyl sites for hydroxylation is 2. The molecular formula is C20H20N8O. The quantitative estimate of drug-likeness (QED) is 0.490. The smallest absolute Gasteiger partial charge is 0.269 e. The maximum absolute atomic E-state index is 11.9. The zero-order valence-electron chi connectivity index (χ0n) is 16.3. The van der Waals surface area contributed by atoms with Crippen molar-refractivity contribution in [3.05, 3.63) is 54.1 Å². The number of pyridine rings is 3. The number of fused-ring (bicyclic) bond motifs is 1. The minimum Gasteiger partial charge on any atom is -0.383 e. The van der Waals surface area contributed by atoms with E-state index in [1.54, 1.807) is 38.8 Å². The summed E-state index contributed by atoms with van der Waals surface area (Å²) in [6.07, 6.45) is 5.19. The van der Waals surface area contributed by atoms with Gasteiger partial charge < -0.3 is 16.4 Å². The fourth-order valence-electron chi connectivity index (χ4n) is 3.11.